The number of rotatable bonds is 4. The van der Waals surface area contributed by atoms with E-state index in [4.69, 9.17) is 12.2 Å². The van der Waals surface area contributed by atoms with Gasteiger partial charge >= 0.3 is 0 Å². The van der Waals surface area contributed by atoms with Gasteiger partial charge in [0.05, 0.1) is 17.2 Å². The molecule has 0 aliphatic rings. The van der Waals surface area contributed by atoms with E-state index in [2.05, 4.69) is 36.5 Å². The lowest BCUT2D eigenvalue weighted by molar-refractivity contribution is 0.474. The molecule has 16 heavy (non-hydrogen) atoms. The first kappa shape index (κ1) is 13.4. The Hall–Kier alpha value is -0.680. The van der Waals surface area contributed by atoms with E-state index in [1.807, 2.05) is 11.9 Å². The maximum atomic E-state index is 5.28. The van der Waals surface area contributed by atoms with Crippen molar-refractivity contribution in [2.45, 2.75) is 39.8 Å². The minimum atomic E-state index is 0.372. The molecule has 1 rings (SSSR count). The Morgan fingerprint density at radius 1 is 1.62 bits per heavy atom. The smallest absolute Gasteiger partial charge is 0.169 e. The summed E-state index contributed by atoms with van der Waals surface area (Å²) in [5.41, 5.74) is 1.09. The average Bonchev–Trinajstić information content (AvgIpc) is 2.64. The summed E-state index contributed by atoms with van der Waals surface area (Å²) in [5.74, 6) is 0. The lowest BCUT2D eigenvalue weighted by atomic mass is 10.4. The first-order valence-corrected chi connectivity index (χ1v) is 6.76. The highest BCUT2D eigenvalue weighted by molar-refractivity contribution is 7.80. The summed E-state index contributed by atoms with van der Waals surface area (Å²) in [6, 6.07) is 0.372. The predicted octanol–water partition coefficient (Wildman–Crippen LogP) is 2.42. The SMILES string of the molecule is CCc1nc(CN(C)C(=S)NC(C)C)cs1. The average molecular weight is 257 g/mol. The molecule has 0 aliphatic carbocycles. The first-order chi connectivity index (χ1) is 7.52. The second-order valence-corrected chi connectivity index (χ2v) is 5.38. The molecule has 0 aromatic carbocycles. The predicted molar refractivity (Wildman–Crippen MR) is 73.8 cm³/mol. The van der Waals surface area contributed by atoms with Crippen LogP contribution in [0.3, 0.4) is 0 Å². The first-order valence-electron chi connectivity index (χ1n) is 5.47. The van der Waals surface area contributed by atoms with Crippen LogP contribution >= 0.6 is 23.6 Å². The number of aromatic nitrogens is 1. The van der Waals surface area contributed by atoms with Gasteiger partial charge in [0.15, 0.2) is 5.11 Å². The molecule has 1 heterocycles. The molecule has 0 saturated carbocycles. The van der Waals surface area contributed by atoms with Crippen LogP contribution in [0, 0.1) is 0 Å². The maximum absolute atomic E-state index is 5.28. The fourth-order valence-corrected chi connectivity index (χ4v) is 2.29. The van der Waals surface area contributed by atoms with Gasteiger partial charge in [0.25, 0.3) is 0 Å². The quantitative estimate of drug-likeness (QED) is 0.839. The minimum absolute atomic E-state index is 0.372. The van der Waals surface area contributed by atoms with Crippen LogP contribution in [0.5, 0.6) is 0 Å². The molecule has 1 N–H and O–H groups in total. The van der Waals surface area contributed by atoms with Crippen LogP contribution in [0.1, 0.15) is 31.5 Å². The van der Waals surface area contributed by atoms with Gasteiger partial charge in [-0.05, 0) is 32.5 Å². The molecule has 5 heteroatoms. The van der Waals surface area contributed by atoms with Crippen LogP contribution in [0.15, 0.2) is 5.38 Å². The number of thiazole rings is 1. The zero-order chi connectivity index (χ0) is 12.1. The van der Waals surface area contributed by atoms with Gasteiger partial charge in [0, 0.05) is 18.5 Å². The van der Waals surface area contributed by atoms with Crippen molar-refractivity contribution in [2.75, 3.05) is 7.05 Å². The Labute approximate surface area is 107 Å². The van der Waals surface area contributed by atoms with E-state index in [1.165, 1.54) is 5.01 Å². The zero-order valence-corrected chi connectivity index (χ0v) is 11.9. The molecular formula is C11H19N3S2. The summed E-state index contributed by atoms with van der Waals surface area (Å²) in [7, 11) is 1.99. The van der Waals surface area contributed by atoms with Crippen LogP contribution in [0.2, 0.25) is 0 Å². The molecule has 0 bridgehead atoms. The fraction of sp³-hybridized carbons (Fsp3) is 0.636. The normalized spacial score (nSPS) is 10.6. The zero-order valence-electron chi connectivity index (χ0n) is 10.3. The molecular weight excluding hydrogens is 238 g/mol. The Bertz CT molecular complexity index is 347. The van der Waals surface area contributed by atoms with Gasteiger partial charge in [-0.25, -0.2) is 4.98 Å². The summed E-state index contributed by atoms with van der Waals surface area (Å²) in [5, 5.41) is 7.29. The van der Waals surface area contributed by atoms with Crippen molar-refractivity contribution < 1.29 is 0 Å². The monoisotopic (exact) mass is 257 g/mol. The summed E-state index contributed by atoms with van der Waals surface area (Å²) >= 11 is 6.99. The number of nitrogens with zero attached hydrogens (tertiary/aromatic N) is 2. The molecule has 0 radical (unpaired) electrons. The fourth-order valence-electron chi connectivity index (χ4n) is 1.26. The van der Waals surface area contributed by atoms with Gasteiger partial charge in [-0.15, -0.1) is 11.3 Å². The van der Waals surface area contributed by atoms with E-state index in [1.54, 1.807) is 11.3 Å². The van der Waals surface area contributed by atoms with Crippen LogP contribution in [-0.4, -0.2) is 28.1 Å². The topological polar surface area (TPSA) is 28.2 Å². The Kier molecular flexibility index (Phi) is 5.15. The van der Waals surface area contributed by atoms with Crippen molar-refractivity contribution in [1.82, 2.24) is 15.2 Å². The third-order valence-electron chi connectivity index (χ3n) is 2.06. The van der Waals surface area contributed by atoms with Gasteiger partial charge in [-0.2, -0.15) is 0 Å². The summed E-state index contributed by atoms with van der Waals surface area (Å²) in [6.07, 6.45) is 1.00. The third kappa shape index (κ3) is 4.06. The van der Waals surface area contributed by atoms with Gasteiger partial charge in [-0.3, -0.25) is 0 Å². The second-order valence-electron chi connectivity index (χ2n) is 4.05. The van der Waals surface area contributed by atoms with Crippen molar-refractivity contribution in [2.24, 2.45) is 0 Å². The molecule has 0 fully saturated rings. The molecule has 3 nitrogen and oxygen atoms in total. The highest BCUT2D eigenvalue weighted by atomic mass is 32.1. The number of aryl methyl sites for hydroxylation is 1. The second kappa shape index (κ2) is 6.15. The van der Waals surface area contributed by atoms with Crippen molar-refractivity contribution in [3.8, 4) is 0 Å². The number of nitrogens with one attached hydrogen (secondary N) is 1. The molecule has 0 atom stereocenters. The Balaban J connectivity index is 2.50. The van der Waals surface area contributed by atoms with Crippen molar-refractivity contribution >= 4 is 28.7 Å². The summed E-state index contributed by atoms with van der Waals surface area (Å²) in [4.78, 5) is 6.54. The molecule has 1 aromatic heterocycles. The number of thiocarbonyl (C=S) groups is 1. The molecule has 0 saturated heterocycles. The lowest BCUT2D eigenvalue weighted by Crippen LogP contribution is -2.40. The van der Waals surface area contributed by atoms with E-state index < -0.39 is 0 Å². The molecule has 0 amide bonds. The third-order valence-corrected chi connectivity index (χ3v) is 3.53. The van der Waals surface area contributed by atoms with E-state index in [0.717, 1.165) is 23.8 Å². The van der Waals surface area contributed by atoms with Crippen LogP contribution < -0.4 is 5.32 Å². The van der Waals surface area contributed by atoms with E-state index in [-0.39, 0.29) is 0 Å². The van der Waals surface area contributed by atoms with Crippen molar-refractivity contribution in [3.63, 3.8) is 0 Å². The van der Waals surface area contributed by atoms with Crippen molar-refractivity contribution in [1.29, 1.82) is 0 Å². The number of hydrogen-bond donors (Lipinski definition) is 1. The van der Waals surface area contributed by atoms with E-state index in [9.17, 15) is 0 Å². The molecule has 90 valence electrons. The van der Waals surface area contributed by atoms with E-state index in [0.29, 0.717) is 6.04 Å². The molecule has 1 aromatic rings. The highest BCUT2D eigenvalue weighted by Gasteiger charge is 2.08. The standard InChI is InChI=1S/C11H19N3S2/c1-5-10-13-9(7-16-10)6-14(4)11(15)12-8(2)3/h7-8H,5-6H2,1-4H3,(H,12,15). The molecule has 0 spiro atoms. The Morgan fingerprint density at radius 3 is 2.81 bits per heavy atom. The maximum Gasteiger partial charge on any atom is 0.169 e. The molecule has 0 aliphatic heterocycles. The van der Waals surface area contributed by atoms with Gasteiger partial charge in [0.2, 0.25) is 0 Å². The summed E-state index contributed by atoms with van der Waals surface area (Å²) < 4.78 is 0. The Morgan fingerprint density at radius 2 is 2.31 bits per heavy atom. The minimum Gasteiger partial charge on any atom is -0.360 e. The van der Waals surface area contributed by atoms with E-state index >= 15 is 0 Å². The van der Waals surface area contributed by atoms with Crippen LogP contribution in [-0.2, 0) is 13.0 Å². The van der Waals surface area contributed by atoms with Gasteiger partial charge in [-0.1, -0.05) is 6.92 Å². The lowest BCUT2D eigenvalue weighted by Gasteiger charge is -2.21. The van der Waals surface area contributed by atoms with Gasteiger partial charge in [0.1, 0.15) is 0 Å². The number of hydrogen-bond acceptors (Lipinski definition) is 3. The molecule has 0 unspecified atom stereocenters. The van der Waals surface area contributed by atoms with Crippen LogP contribution in [0.25, 0.3) is 0 Å². The van der Waals surface area contributed by atoms with Crippen molar-refractivity contribution in [3.05, 3.63) is 16.1 Å². The highest BCUT2D eigenvalue weighted by Crippen LogP contribution is 2.11. The van der Waals surface area contributed by atoms with Crippen LogP contribution in [0.4, 0.5) is 0 Å². The summed E-state index contributed by atoms with van der Waals surface area (Å²) in [6.45, 7) is 7.06. The van der Waals surface area contributed by atoms with Gasteiger partial charge < -0.3 is 10.2 Å². The largest absolute Gasteiger partial charge is 0.360 e.